The van der Waals surface area contributed by atoms with Gasteiger partial charge in [-0.25, -0.2) is 13.8 Å². The minimum Gasteiger partial charge on any atom is -0.481 e. The molecular formula is C14H13F2NO2S. The number of halogens is 2. The SMILES string of the molecule is CCCc1nc(COc2c(F)cc(C=O)cc2F)cs1. The fourth-order valence-corrected chi connectivity index (χ4v) is 2.56. The third-order valence-electron chi connectivity index (χ3n) is 2.58. The molecule has 0 bridgehead atoms. The summed E-state index contributed by atoms with van der Waals surface area (Å²) in [5.41, 5.74) is 0.572. The van der Waals surface area contributed by atoms with Crippen LogP contribution in [0.1, 0.15) is 34.4 Å². The number of aryl methyl sites for hydroxylation is 1. The molecule has 106 valence electrons. The second-order valence-electron chi connectivity index (χ2n) is 4.20. The van der Waals surface area contributed by atoms with E-state index in [1.54, 1.807) is 5.38 Å². The van der Waals surface area contributed by atoms with E-state index < -0.39 is 17.4 Å². The number of hydrogen-bond donors (Lipinski definition) is 0. The Bertz CT molecular complexity index is 590. The van der Waals surface area contributed by atoms with Gasteiger partial charge in [0.2, 0.25) is 0 Å². The Balaban J connectivity index is 2.08. The zero-order valence-corrected chi connectivity index (χ0v) is 11.7. The molecule has 0 N–H and O–H groups in total. The molecule has 1 aromatic heterocycles. The highest BCUT2D eigenvalue weighted by Gasteiger charge is 2.13. The highest BCUT2D eigenvalue weighted by atomic mass is 32.1. The maximum Gasteiger partial charge on any atom is 0.191 e. The molecule has 0 unspecified atom stereocenters. The van der Waals surface area contributed by atoms with Gasteiger partial charge < -0.3 is 4.74 Å². The second kappa shape index (κ2) is 6.56. The van der Waals surface area contributed by atoms with Crippen LogP contribution in [0.15, 0.2) is 17.5 Å². The fraction of sp³-hybridized carbons (Fsp3) is 0.286. The van der Waals surface area contributed by atoms with Crippen molar-refractivity contribution >= 4 is 17.6 Å². The molecule has 0 aliphatic rings. The normalized spacial score (nSPS) is 10.6. The monoisotopic (exact) mass is 297 g/mol. The smallest absolute Gasteiger partial charge is 0.191 e. The Hall–Kier alpha value is -1.82. The average Bonchev–Trinajstić information content (AvgIpc) is 2.85. The Morgan fingerprint density at radius 3 is 2.65 bits per heavy atom. The van der Waals surface area contributed by atoms with Gasteiger partial charge in [-0.1, -0.05) is 6.92 Å². The van der Waals surface area contributed by atoms with Crippen molar-refractivity contribution in [3.05, 3.63) is 45.4 Å². The number of carbonyl (C=O) groups is 1. The molecule has 0 radical (unpaired) electrons. The number of nitrogens with zero attached hydrogens (tertiary/aromatic N) is 1. The van der Waals surface area contributed by atoms with Crippen LogP contribution < -0.4 is 4.74 Å². The number of benzene rings is 1. The lowest BCUT2D eigenvalue weighted by molar-refractivity contribution is 0.112. The van der Waals surface area contributed by atoms with Crippen molar-refractivity contribution in [3.63, 3.8) is 0 Å². The topological polar surface area (TPSA) is 39.2 Å². The first-order valence-electron chi connectivity index (χ1n) is 6.14. The van der Waals surface area contributed by atoms with Gasteiger partial charge >= 0.3 is 0 Å². The van der Waals surface area contributed by atoms with E-state index in [9.17, 15) is 13.6 Å². The summed E-state index contributed by atoms with van der Waals surface area (Å²) < 4.78 is 32.3. The lowest BCUT2D eigenvalue weighted by atomic mass is 10.2. The molecule has 0 saturated carbocycles. The summed E-state index contributed by atoms with van der Waals surface area (Å²) in [6.07, 6.45) is 2.25. The van der Waals surface area contributed by atoms with Crippen LogP contribution in [0.4, 0.5) is 8.78 Å². The van der Waals surface area contributed by atoms with Crippen molar-refractivity contribution in [1.29, 1.82) is 0 Å². The highest BCUT2D eigenvalue weighted by Crippen LogP contribution is 2.24. The van der Waals surface area contributed by atoms with E-state index in [0.29, 0.717) is 12.0 Å². The summed E-state index contributed by atoms with van der Waals surface area (Å²) in [5.74, 6) is -2.27. The molecule has 1 aromatic carbocycles. The standard InChI is InChI=1S/C14H13F2NO2S/c1-2-3-13-17-10(8-20-13)7-19-14-11(15)4-9(6-18)5-12(14)16/h4-6,8H,2-3,7H2,1H3. The molecule has 0 aliphatic carbocycles. The Morgan fingerprint density at radius 2 is 2.05 bits per heavy atom. The highest BCUT2D eigenvalue weighted by molar-refractivity contribution is 7.09. The Kier molecular flexibility index (Phi) is 4.79. The van der Waals surface area contributed by atoms with E-state index in [4.69, 9.17) is 4.74 Å². The van der Waals surface area contributed by atoms with E-state index in [1.165, 1.54) is 11.3 Å². The van der Waals surface area contributed by atoms with E-state index in [-0.39, 0.29) is 12.2 Å². The predicted molar refractivity (Wildman–Crippen MR) is 72.2 cm³/mol. The maximum atomic E-state index is 13.6. The maximum absolute atomic E-state index is 13.6. The van der Waals surface area contributed by atoms with Crippen molar-refractivity contribution in [2.45, 2.75) is 26.4 Å². The van der Waals surface area contributed by atoms with Crippen LogP contribution in [0, 0.1) is 11.6 Å². The molecule has 2 rings (SSSR count). The van der Waals surface area contributed by atoms with Crippen LogP contribution in [0.3, 0.4) is 0 Å². The van der Waals surface area contributed by atoms with Crippen molar-refractivity contribution in [2.24, 2.45) is 0 Å². The molecule has 6 heteroatoms. The van der Waals surface area contributed by atoms with E-state index >= 15 is 0 Å². The van der Waals surface area contributed by atoms with Crippen LogP contribution in [0.25, 0.3) is 0 Å². The molecule has 2 aromatic rings. The van der Waals surface area contributed by atoms with Gasteiger partial charge in [-0.15, -0.1) is 11.3 Å². The fourth-order valence-electron chi connectivity index (χ4n) is 1.68. The van der Waals surface area contributed by atoms with Crippen molar-refractivity contribution < 1.29 is 18.3 Å². The van der Waals surface area contributed by atoms with Gasteiger partial charge in [-0.3, -0.25) is 4.79 Å². The third kappa shape index (κ3) is 3.39. The zero-order chi connectivity index (χ0) is 14.5. The predicted octanol–water partition coefficient (Wildman–Crippen LogP) is 3.77. The van der Waals surface area contributed by atoms with E-state index in [2.05, 4.69) is 11.9 Å². The lowest BCUT2D eigenvalue weighted by Crippen LogP contribution is -2.01. The van der Waals surface area contributed by atoms with Gasteiger partial charge in [0.05, 0.1) is 10.7 Å². The number of hydrogen-bond acceptors (Lipinski definition) is 4. The number of ether oxygens (including phenoxy) is 1. The summed E-state index contributed by atoms with van der Waals surface area (Å²) in [6.45, 7) is 2.05. The minimum atomic E-state index is -0.892. The summed E-state index contributed by atoms with van der Waals surface area (Å²) in [6, 6.07) is 1.88. The van der Waals surface area contributed by atoms with Crippen LogP contribution in [0.2, 0.25) is 0 Å². The van der Waals surface area contributed by atoms with Crippen LogP contribution in [-0.2, 0) is 13.0 Å². The lowest BCUT2D eigenvalue weighted by Gasteiger charge is -2.07. The number of rotatable bonds is 6. The van der Waals surface area contributed by atoms with Crippen molar-refractivity contribution in [3.8, 4) is 5.75 Å². The number of aromatic nitrogens is 1. The van der Waals surface area contributed by atoms with E-state index in [1.807, 2.05) is 0 Å². The van der Waals surface area contributed by atoms with Crippen LogP contribution in [0.5, 0.6) is 5.75 Å². The van der Waals surface area contributed by atoms with Crippen LogP contribution >= 0.6 is 11.3 Å². The first kappa shape index (κ1) is 14.6. The second-order valence-corrected chi connectivity index (χ2v) is 5.15. The van der Waals surface area contributed by atoms with Gasteiger partial charge in [0, 0.05) is 10.9 Å². The largest absolute Gasteiger partial charge is 0.481 e. The van der Waals surface area contributed by atoms with Gasteiger partial charge in [-0.05, 0) is 25.0 Å². The quantitative estimate of drug-likeness (QED) is 0.762. The number of carbonyl (C=O) groups excluding carboxylic acids is 1. The molecule has 0 aliphatic heterocycles. The first-order valence-corrected chi connectivity index (χ1v) is 7.02. The molecule has 1 heterocycles. The third-order valence-corrected chi connectivity index (χ3v) is 3.54. The Morgan fingerprint density at radius 1 is 1.35 bits per heavy atom. The molecule has 3 nitrogen and oxygen atoms in total. The minimum absolute atomic E-state index is 0.00547. The molecule has 0 atom stereocenters. The average molecular weight is 297 g/mol. The number of thiazole rings is 1. The molecular weight excluding hydrogens is 284 g/mol. The molecule has 0 fully saturated rings. The summed E-state index contributed by atoms with van der Waals surface area (Å²) in [5, 5.41) is 2.78. The van der Waals surface area contributed by atoms with Gasteiger partial charge in [0.15, 0.2) is 17.4 Å². The van der Waals surface area contributed by atoms with Gasteiger partial charge in [0.25, 0.3) is 0 Å². The summed E-state index contributed by atoms with van der Waals surface area (Å²) in [7, 11) is 0. The first-order chi connectivity index (χ1) is 9.63. The van der Waals surface area contributed by atoms with Crippen LogP contribution in [-0.4, -0.2) is 11.3 Å². The molecule has 0 spiro atoms. The van der Waals surface area contributed by atoms with Gasteiger partial charge in [-0.2, -0.15) is 0 Å². The molecule has 0 saturated heterocycles. The zero-order valence-electron chi connectivity index (χ0n) is 10.9. The Labute approximate surface area is 119 Å². The van der Waals surface area contributed by atoms with Gasteiger partial charge in [0.1, 0.15) is 12.9 Å². The molecule has 20 heavy (non-hydrogen) atoms. The number of aldehydes is 1. The van der Waals surface area contributed by atoms with E-state index in [0.717, 1.165) is 30.0 Å². The molecule has 0 amide bonds. The van der Waals surface area contributed by atoms with Crippen molar-refractivity contribution in [1.82, 2.24) is 4.98 Å². The summed E-state index contributed by atoms with van der Waals surface area (Å²) in [4.78, 5) is 14.8. The van der Waals surface area contributed by atoms with Crippen molar-refractivity contribution in [2.75, 3.05) is 0 Å². The summed E-state index contributed by atoms with van der Waals surface area (Å²) >= 11 is 1.50.